The highest BCUT2D eigenvalue weighted by Crippen LogP contribution is 2.36. The number of halogens is 1. The number of aryl methyl sites for hydroxylation is 1. The Morgan fingerprint density at radius 3 is 2.32 bits per heavy atom. The number of sulfone groups is 1. The van der Waals surface area contributed by atoms with Gasteiger partial charge in [0.25, 0.3) is 5.91 Å². The summed E-state index contributed by atoms with van der Waals surface area (Å²) in [6.45, 7) is 1.69. The van der Waals surface area contributed by atoms with Gasteiger partial charge in [-0.2, -0.15) is 4.98 Å². The van der Waals surface area contributed by atoms with E-state index in [1.807, 2.05) is 0 Å². The summed E-state index contributed by atoms with van der Waals surface area (Å²) in [6, 6.07) is 7.04. The fraction of sp³-hybridized carbons (Fsp3) is 0.364. The second-order valence-electron chi connectivity index (χ2n) is 8.05. The van der Waals surface area contributed by atoms with Crippen LogP contribution in [0, 0.1) is 12.7 Å². The number of carbonyl (C=O) groups excluding carboxylic acids is 1. The Labute approximate surface area is 197 Å². The standard InChI is InChI=1S/C22H26FN3O6S2/c1-14-13-17-18(21(27)24-2)19(15-7-9-16(23)10-8-15)32-22(17)25-20(14)26(34(4,30)31)11-5-6-12-33(3,28)29/h7-10,13H,5-6,11-12H2,1-4H3,(H,24,27). The van der Waals surface area contributed by atoms with Gasteiger partial charge in [0.1, 0.15) is 27.2 Å². The van der Waals surface area contributed by atoms with Gasteiger partial charge in [-0.25, -0.2) is 21.2 Å². The van der Waals surface area contributed by atoms with Gasteiger partial charge < -0.3 is 9.73 Å². The van der Waals surface area contributed by atoms with Crippen molar-refractivity contribution in [3.63, 3.8) is 0 Å². The first kappa shape index (κ1) is 25.6. The summed E-state index contributed by atoms with van der Waals surface area (Å²) in [5, 5.41) is 2.93. The molecule has 9 nitrogen and oxygen atoms in total. The van der Waals surface area contributed by atoms with E-state index in [9.17, 15) is 26.0 Å². The predicted octanol–water partition coefficient (Wildman–Crippen LogP) is 2.89. The van der Waals surface area contributed by atoms with Crippen molar-refractivity contribution in [2.45, 2.75) is 19.8 Å². The topological polar surface area (TPSA) is 127 Å². The molecule has 3 aromatic rings. The van der Waals surface area contributed by atoms with Crippen molar-refractivity contribution in [3.8, 4) is 11.3 Å². The van der Waals surface area contributed by atoms with E-state index < -0.39 is 31.6 Å². The minimum atomic E-state index is -3.75. The van der Waals surface area contributed by atoms with Crippen molar-refractivity contribution in [1.29, 1.82) is 0 Å². The van der Waals surface area contributed by atoms with Crippen LogP contribution in [0.3, 0.4) is 0 Å². The Bertz CT molecular complexity index is 1430. The number of sulfonamides is 1. The Morgan fingerprint density at radius 2 is 1.76 bits per heavy atom. The van der Waals surface area contributed by atoms with Gasteiger partial charge in [-0.1, -0.05) is 0 Å². The van der Waals surface area contributed by atoms with Gasteiger partial charge >= 0.3 is 0 Å². The van der Waals surface area contributed by atoms with Crippen LogP contribution in [-0.4, -0.2) is 59.6 Å². The zero-order valence-corrected chi connectivity index (χ0v) is 20.9. The molecule has 0 aliphatic rings. The lowest BCUT2D eigenvalue weighted by Gasteiger charge is -2.22. The highest BCUT2D eigenvalue weighted by molar-refractivity contribution is 7.92. The predicted molar refractivity (Wildman–Crippen MR) is 129 cm³/mol. The molecule has 0 radical (unpaired) electrons. The lowest BCUT2D eigenvalue weighted by Crippen LogP contribution is -2.32. The second-order valence-corrected chi connectivity index (χ2v) is 12.2. The number of hydrogen-bond acceptors (Lipinski definition) is 7. The van der Waals surface area contributed by atoms with Gasteiger partial charge in [-0.05, 0) is 55.7 Å². The zero-order chi connectivity index (χ0) is 25.3. The SMILES string of the molecule is CNC(=O)c1c(-c2ccc(F)cc2)oc2nc(N(CCCCS(C)(=O)=O)S(C)(=O)=O)c(C)cc12. The first-order valence-electron chi connectivity index (χ1n) is 10.4. The third-order valence-electron chi connectivity index (χ3n) is 5.17. The molecule has 184 valence electrons. The minimum Gasteiger partial charge on any atom is -0.437 e. The summed E-state index contributed by atoms with van der Waals surface area (Å²) in [5.41, 5.74) is 1.18. The van der Waals surface area contributed by atoms with Crippen LogP contribution in [0.4, 0.5) is 10.2 Å². The molecule has 0 spiro atoms. The molecule has 2 heterocycles. The molecule has 1 N–H and O–H groups in total. The summed E-state index contributed by atoms with van der Waals surface area (Å²) in [4.78, 5) is 17.1. The van der Waals surface area contributed by atoms with Crippen molar-refractivity contribution in [1.82, 2.24) is 10.3 Å². The molecule has 0 saturated heterocycles. The second kappa shape index (κ2) is 9.71. The molecule has 3 rings (SSSR count). The third kappa shape index (κ3) is 5.73. The number of fused-ring (bicyclic) bond motifs is 1. The van der Waals surface area contributed by atoms with Gasteiger partial charge in [0.2, 0.25) is 15.7 Å². The molecule has 2 aromatic heterocycles. The lowest BCUT2D eigenvalue weighted by molar-refractivity contribution is 0.0964. The first-order valence-corrected chi connectivity index (χ1v) is 14.3. The number of furan rings is 1. The number of nitrogens with zero attached hydrogens (tertiary/aromatic N) is 2. The fourth-order valence-electron chi connectivity index (χ4n) is 3.57. The maximum atomic E-state index is 13.4. The maximum absolute atomic E-state index is 13.4. The monoisotopic (exact) mass is 511 g/mol. The molecule has 12 heteroatoms. The Morgan fingerprint density at radius 1 is 1.12 bits per heavy atom. The van der Waals surface area contributed by atoms with E-state index in [0.717, 1.165) is 16.8 Å². The maximum Gasteiger partial charge on any atom is 0.255 e. The molecule has 34 heavy (non-hydrogen) atoms. The third-order valence-corrected chi connectivity index (χ3v) is 7.36. The van der Waals surface area contributed by atoms with E-state index in [1.165, 1.54) is 31.3 Å². The minimum absolute atomic E-state index is 0.0293. The number of aromatic nitrogens is 1. The molecule has 1 amide bonds. The highest BCUT2D eigenvalue weighted by atomic mass is 32.2. The van der Waals surface area contributed by atoms with E-state index in [0.29, 0.717) is 29.4 Å². The van der Waals surface area contributed by atoms with E-state index >= 15 is 0 Å². The van der Waals surface area contributed by atoms with Crippen molar-refractivity contribution in [2.24, 2.45) is 0 Å². The van der Waals surface area contributed by atoms with E-state index in [2.05, 4.69) is 10.3 Å². The van der Waals surface area contributed by atoms with E-state index in [1.54, 1.807) is 13.0 Å². The molecule has 0 unspecified atom stereocenters. The Hall–Kier alpha value is -2.99. The summed E-state index contributed by atoms with van der Waals surface area (Å²) in [6.07, 6.45) is 2.77. The summed E-state index contributed by atoms with van der Waals surface area (Å²) >= 11 is 0. The smallest absolute Gasteiger partial charge is 0.255 e. The largest absolute Gasteiger partial charge is 0.437 e. The summed E-state index contributed by atoms with van der Waals surface area (Å²) < 4.78 is 68.2. The van der Waals surface area contributed by atoms with Gasteiger partial charge in [-0.15, -0.1) is 0 Å². The normalized spacial score (nSPS) is 12.1. The van der Waals surface area contributed by atoms with Gasteiger partial charge in [-0.3, -0.25) is 9.10 Å². The number of pyridine rings is 1. The molecule has 0 bridgehead atoms. The van der Waals surface area contributed by atoms with Gasteiger partial charge in [0.15, 0.2) is 0 Å². The Balaban J connectivity index is 2.10. The van der Waals surface area contributed by atoms with Crippen molar-refractivity contribution >= 4 is 42.7 Å². The number of rotatable bonds is 9. The molecule has 1 aromatic carbocycles. The fourth-order valence-corrected chi connectivity index (χ4v) is 5.26. The van der Waals surface area contributed by atoms with Gasteiger partial charge in [0.05, 0.1) is 17.2 Å². The average molecular weight is 512 g/mol. The molecule has 0 saturated carbocycles. The molecular weight excluding hydrogens is 485 g/mol. The van der Waals surface area contributed by atoms with Crippen LogP contribution in [0.15, 0.2) is 34.7 Å². The number of benzene rings is 1. The van der Waals surface area contributed by atoms with Crippen molar-refractivity contribution in [3.05, 3.63) is 47.3 Å². The number of unbranched alkanes of at least 4 members (excludes halogenated alkanes) is 1. The number of nitrogens with one attached hydrogen (secondary N) is 1. The van der Waals surface area contributed by atoms with Gasteiger partial charge in [0, 0.05) is 31.2 Å². The molecular formula is C22H26FN3O6S2. The average Bonchev–Trinajstić information content (AvgIpc) is 3.10. The molecule has 0 aliphatic heterocycles. The highest BCUT2D eigenvalue weighted by Gasteiger charge is 2.27. The summed E-state index contributed by atoms with van der Waals surface area (Å²) in [5.74, 6) is -0.634. The van der Waals surface area contributed by atoms with Crippen LogP contribution in [0.5, 0.6) is 0 Å². The zero-order valence-electron chi connectivity index (χ0n) is 19.3. The van der Waals surface area contributed by atoms with Crippen LogP contribution >= 0.6 is 0 Å². The number of anilines is 1. The number of hydrogen-bond donors (Lipinski definition) is 1. The van der Waals surface area contributed by atoms with Crippen molar-refractivity contribution in [2.75, 3.05) is 36.2 Å². The van der Waals surface area contributed by atoms with E-state index in [4.69, 9.17) is 4.42 Å². The number of amides is 1. The molecule has 0 fully saturated rings. The number of carbonyl (C=O) groups is 1. The summed E-state index contributed by atoms with van der Waals surface area (Å²) in [7, 11) is -5.44. The van der Waals surface area contributed by atoms with Crippen molar-refractivity contribution < 1.29 is 30.4 Å². The van der Waals surface area contributed by atoms with Crippen LogP contribution in [0.25, 0.3) is 22.4 Å². The quantitative estimate of drug-likeness (QED) is 0.438. The molecule has 0 aliphatic carbocycles. The van der Waals surface area contributed by atoms with Crippen LogP contribution in [-0.2, 0) is 19.9 Å². The van der Waals surface area contributed by atoms with Crippen LogP contribution in [0.2, 0.25) is 0 Å². The van der Waals surface area contributed by atoms with Crippen LogP contribution in [0.1, 0.15) is 28.8 Å². The first-order chi connectivity index (χ1) is 15.8. The van der Waals surface area contributed by atoms with Crippen LogP contribution < -0.4 is 9.62 Å². The molecule has 0 atom stereocenters. The van der Waals surface area contributed by atoms with E-state index in [-0.39, 0.29) is 35.2 Å². The lowest BCUT2D eigenvalue weighted by atomic mass is 10.0. The Kier molecular flexibility index (Phi) is 7.32.